The van der Waals surface area contributed by atoms with E-state index in [1.807, 2.05) is 18.2 Å². The summed E-state index contributed by atoms with van der Waals surface area (Å²) in [6.45, 7) is 0.355. The third kappa shape index (κ3) is 1.32. The van der Waals surface area contributed by atoms with Crippen LogP contribution >= 0.6 is 27.5 Å². The van der Waals surface area contributed by atoms with Gasteiger partial charge in [0.15, 0.2) is 5.82 Å². The Morgan fingerprint density at radius 3 is 3.27 bits per heavy atom. The van der Waals surface area contributed by atoms with Crippen LogP contribution in [-0.4, -0.2) is 8.94 Å². The number of rotatable bonds is 0. The topological polar surface area (TPSA) is 44.1 Å². The maximum Gasteiger partial charge on any atom is 0.331 e. The Bertz CT molecular complexity index is 590. The van der Waals surface area contributed by atoms with Gasteiger partial charge in [-0.15, -0.1) is 0 Å². The zero-order valence-electron chi connectivity index (χ0n) is 7.44. The number of fused-ring (bicyclic) bond motifs is 3. The molecule has 0 spiro atoms. The van der Waals surface area contributed by atoms with E-state index in [4.69, 9.17) is 4.74 Å². The number of hydrogen-bond acceptors (Lipinski definition) is 4. The molecule has 15 heavy (non-hydrogen) atoms. The smallest absolute Gasteiger partial charge is 0.331 e. The molecule has 1 aromatic carbocycles. The van der Waals surface area contributed by atoms with Gasteiger partial charge in [0.25, 0.3) is 0 Å². The minimum atomic E-state index is -0.0762. The fourth-order valence-corrected chi connectivity index (χ4v) is 2.49. The lowest BCUT2D eigenvalue weighted by molar-refractivity contribution is 0.279. The summed E-state index contributed by atoms with van der Waals surface area (Å²) in [6, 6.07) is 5.58. The van der Waals surface area contributed by atoms with Crippen molar-refractivity contribution in [2.75, 3.05) is 0 Å². The van der Waals surface area contributed by atoms with Crippen molar-refractivity contribution in [3.63, 3.8) is 0 Å². The molecule has 1 aromatic heterocycles. The first-order chi connectivity index (χ1) is 7.25. The Hall–Kier alpha value is -1.14. The first kappa shape index (κ1) is 9.11. The Kier molecular flexibility index (Phi) is 1.93. The van der Waals surface area contributed by atoms with Crippen LogP contribution in [0.1, 0.15) is 5.82 Å². The van der Waals surface area contributed by atoms with Crippen LogP contribution < -0.4 is 9.61 Å². The van der Waals surface area contributed by atoms with Crippen molar-refractivity contribution < 1.29 is 4.74 Å². The summed E-state index contributed by atoms with van der Waals surface area (Å²) in [5.41, 5.74) is 0.754. The van der Waals surface area contributed by atoms with Gasteiger partial charge in [-0.25, -0.2) is 4.57 Å². The van der Waals surface area contributed by atoms with Crippen LogP contribution in [0, 0.1) is 0 Å². The van der Waals surface area contributed by atoms with Crippen molar-refractivity contribution >= 4 is 27.5 Å². The van der Waals surface area contributed by atoms with Crippen molar-refractivity contribution in [2.45, 2.75) is 6.61 Å². The number of aromatic nitrogens is 2. The van der Waals surface area contributed by atoms with Gasteiger partial charge in [-0.2, -0.15) is 4.37 Å². The summed E-state index contributed by atoms with van der Waals surface area (Å²) in [4.78, 5) is 11.5. The SMILES string of the molecule is O=c1snc2n1-c1cc(Br)ccc1OC2. The lowest BCUT2D eigenvalue weighted by Gasteiger charge is -2.17. The summed E-state index contributed by atoms with van der Waals surface area (Å²) in [5, 5.41) is 0. The van der Waals surface area contributed by atoms with Gasteiger partial charge in [-0.05, 0) is 18.2 Å². The Balaban J connectivity index is 2.36. The molecule has 1 aliphatic rings. The van der Waals surface area contributed by atoms with Gasteiger partial charge in [0.1, 0.15) is 12.4 Å². The molecule has 0 atom stereocenters. The highest BCUT2D eigenvalue weighted by Crippen LogP contribution is 2.30. The van der Waals surface area contributed by atoms with E-state index in [0.717, 1.165) is 21.7 Å². The fourth-order valence-electron chi connectivity index (χ4n) is 1.54. The highest BCUT2D eigenvalue weighted by atomic mass is 79.9. The van der Waals surface area contributed by atoms with Gasteiger partial charge in [-0.1, -0.05) is 15.9 Å². The van der Waals surface area contributed by atoms with E-state index in [0.29, 0.717) is 18.2 Å². The fraction of sp³-hybridized carbons (Fsp3) is 0.111. The van der Waals surface area contributed by atoms with Crippen LogP contribution in [0.4, 0.5) is 0 Å². The second kappa shape index (κ2) is 3.18. The van der Waals surface area contributed by atoms with E-state index in [9.17, 15) is 4.79 Å². The summed E-state index contributed by atoms with van der Waals surface area (Å²) in [6.07, 6.45) is 0. The average Bonchev–Trinajstić information content (AvgIpc) is 2.60. The summed E-state index contributed by atoms with van der Waals surface area (Å²) < 4.78 is 12.0. The van der Waals surface area contributed by atoms with E-state index >= 15 is 0 Å². The molecule has 0 saturated heterocycles. The summed E-state index contributed by atoms with van der Waals surface area (Å²) >= 11 is 4.32. The van der Waals surface area contributed by atoms with Crippen molar-refractivity contribution in [1.82, 2.24) is 8.94 Å². The van der Waals surface area contributed by atoms with Crippen LogP contribution in [0.25, 0.3) is 5.69 Å². The molecule has 0 saturated carbocycles. The lowest BCUT2D eigenvalue weighted by Crippen LogP contribution is -2.20. The maximum absolute atomic E-state index is 11.6. The average molecular weight is 285 g/mol. The van der Waals surface area contributed by atoms with Crippen molar-refractivity contribution in [3.05, 3.63) is 38.2 Å². The zero-order valence-corrected chi connectivity index (χ0v) is 9.84. The molecule has 1 aliphatic heterocycles. The molecule has 0 bridgehead atoms. The molecule has 76 valence electrons. The van der Waals surface area contributed by atoms with Gasteiger partial charge in [0.2, 0.25) is 0 Å². The monoisotopic (exact) mass is 284 g/mol. The van der Waals surface area contributed by atoms with Gasteiger partial charge >= 0.3 is 4.87 Å². The Morgan fingerprint density at radius 2 is 2.40 bits per heavy atom. The predicted octanol–water partition coefficient (Wildman–Crippen LogP) is 1.95. The number of halogens is 1. The van der Waals surface area contributed by atoms with Crippen LogP contribution in [0.2, 0.25) is 0 Å². The molecule has 0 N–H and O–H groups in total. The first-order valence-electron chi connectivity index (χ1n) is 4.26. The molecule has 2 heterocycles. The normalized spacial score (nSPS) is 12.9. The zero-order chi connectivity index (χ0) is 10.4. The molecule has 6 heteroatoms. The van der Waals surface area contributed by atoms with Crippen molar-refractivity contribution in [3.8, 4) is 11.4 Å². The van der Waals surface area contributed by atoms with Crippen molar-refractivity contribution in [2.24, 2.45) is 0 Å². The minimum absolute atomic E-state index is 0.0762. The summed E-state index contributed by atoms with van der Waals surface area (Å²) in [7, 11) is 0. The van der Waals surface area contributed by atoms with E-state index < -0.39 is 0 Å². The van der Waals surface area contributed by atoms with Crippen LogP contribution in [0.3, 0.4) is 0 Å². The third-order valence-electron chi connectivity index (χ3n) is 2.19. The number of nitrogens with zero attached hydrogens (tertiary/aromatic N) is 2. The van der Waals surface area contributed by atoms with Gasteiger partial charge in [-0.3, -0.25) is 4.79 Å². The molecule has 0 aliphatic carbocycles. The Morgan fingerprint density at radius 1 is 1.53 bits per heavy atom. The van der Waals surface area contributed by atoms with E-state index in [1.54, 1.807) is 4.57 Å². The number of ether oxygens (including phenoxy) is 1. The first-order valence-corrected chi connectivity index (χ1v) is 5.83. The molecule has 0 radical (unpaired) electrons. The number of benzene rings is 1. The van der Waals surface area contributed by atoms with Crippen LogP contribution in [0.5, 0.6) is 5.75 Å². The molecule has 4 nitrogen and oxygen atoms in total. The van der Waals surface area contributed by atoms with E-state index in [2.05, 4.69) is 20.3 Å². The quantitative estimate of drug-likeness (QED) is 0.743. The molecular weight excluding hydrogens is 280 g/mol. The van der Waals surface area contributed by atoms with Gasteiger partial charge in [0.05, 0.1) is 5.69 Å². The van der Waals surface area contributed by atoms with E-state index in [-0.39, 0.29) is 4.87 Å². The second-order valence-electron chi connectivity index (χ2n) is 3.10. The third-order valence-corrected chi connectivity index (χ3v) is 3.32. The maximum atomic E-state index is 11.6. The van der Waals surface area contributed by atoms with Gasteiger partial charge in [0, 0.05) is 16.0 Å². The molecule has 2 aromatic rings. The largest absolute Gasteiger partial charge is 0.483 e. The van der Waals surface area contributed by atoms with E-state index in [1.165, 1.54) is 0 Å². The molecule has 0 unspecified atom stereocenters. The predicted molar refractivity (Wildman–Crippen MR) is 59.7 cm³/mol. The minimum Gasteiger partial charge on any atom is -0.483 e. The lowest BCUT2D eigenvalue weighted by atomic mass is 10.2. The highest BCUT2D eigenvalue weighted by Gasteiger charge is 2.20. The summed E-state index contributed by atoms with van der Waals surface area (Å²) in [5.74, 6) is 1.38. The van der Waals surface area contributed by atoms with Crippen LogP contribution in [-0.2, 0) is 6.61 Å². The molecule has 0 amide bonds. The molecule has 3 rings (SSSR count). The number of hydrogen-bond donors (Lipinski definition) is 0. The van der Waals surface area contributed by atoms with Gasteiger partial charge < -0.3 is 4.74 Å². The van der Waals surface area contributed by atoms with Crippen LogP contribution in [0.15, 0.2) is 27.5 Å². The second-order valence-corrected chi connectivity index (χ2v) is 4.73. The van der Waals surface area contributed by atoms with Crippen molar-refractivity contribution in [1.29, 1.82) is 0 Å². The standard InChI is InChI=1S/C9H5BrN2O2S/c10-5-1-2-7-6(3-5)12-8(4-14-7)11-15-9(12)13/h1-3H,4H2. The highest BCUT2D eigenvalue weighted by molar-refractivity contribution is 9.10. The molecule has 0 fully saturated rings. The Labute approximate surface area is 97.4 Å². The molecular formula is C9H5BrN2O2S.